The van der Waals surface area contributed by atoms with Gasteiger partial charge in [-0.3, -0.25) is 9.59 Å². The molecular weight excluding hydrogens is 188 g/mol. The molecule has 0 aromatic carbocycles. The van der Waals surface area contributed by atoms with E-state index < -0.39 is 18.0 Å². The third kappa shape index (κ3) is 7.30. The molecular formula is C9H14O5. The smallest absolute Gasteiger partial charge is 0.309 e. The molecule has 0 unspecified atom stereocenters. The molecule has 0 saturated heterocycles. The summed E-state index contributed by atoms with van der Waals surface area (Å²) in [5, 5.41) is 8.94. The van der Waals surface area contributed by atoms with Crippen LogP contribution < -0.4 is 0 Å². The average Bonchev–Trinajstić information content (AvgIpc) is 2.13. The monoisotopic (exact) mass is 202 g/mol. The Bertz CT molecular complexity index is 211. The number of carbonyl (C=O) groups excluding carboxylic acids is 2. The highest BCUT2D eigenvalue weighted by molar-refractivity contribution is 5.70. The van der Waals surface area contributed by atoms with E-state index in [-0.39, 0.29) is 19.6 Å². The van der Waals surface area contributed by atoms with Crippen LogP contribution in [0.5, 0.6) is 0 Å². The lowest BCUT2D eigenvalue weighted by Gasteiger charge is -2.06. The largest absolute Gasteiger partial charge is 0.465 e. The zero-order valence-electron chi connectivity index (χ0n) is 8.06. The Morgan fingerprint density at radius 1 is 1.50 bits per heavy atom. The first-order valence-corrected chi connectivity index (χ1v) is 4.16. The number of carbonyl (C=O) groups is 2. The SMILES string of the molecule is C=C[C@@H](O)COC(=O)CCOC(C)=O. The maximum absolute atomic E-state index is 10.9. The molecule has 0 aliphatic heterocycles. The minimum absolute atomic E-state index is 0.00164. The molecule has 0 aliphatic carbocycles. The summed E-state index contributed by atoms with van der Waals surface area (Å²) in [6.45, 7) is 4.45. The van der Waals surface area contributed by atoms with Gasteiger partial charge in [0.25, 0.3) is 0 Å². The van der Waals surface area contributed by atoms with Crippen molar-refractivity contribution in [2.45, 2.75) is 19.4 Å². The molecule has 1 atom stereocenters. The van der Waals surface area contributed by atoms with Crippen molar-refractivity contribution in [1.82, 2.24) is 0 Å². The summed E-state index contributed by atoms with van der Waals surface area (Å²) in [5.74, 6) is -0.962. The maximum Gasteiger partial charge on any atom is 0.309 e. The Hall–Kier alpha value is -1.36. The number of ether oxygens (including phenoxy) is 2. The molecule has 0 rings (SSSR count). The predicted octanol–water partition coefficient (Wildman–Crippen LogP) is 0.0297. The number of hydrogen-bond donors (Lipinski definition) is 1. The van der Waals surface area contributed by atoms with Crippen LogP contribution in [-0.4, -0.2) is 36.4 Å². The Labute approximate surface area is 82.3 Å². The minimum atomic E-state index is -0.854. The van der Waals surface area contributed by atoms with Crippen molar-refractivity contribution in [1.29, 1.82) is 0 Å². The molecule has 0 aliphatic rings. The van der Waals surface area contributed by atoms with Crippen molar-refractivity contribution < 1.29 is 24.2 Å². The van der Waals surface area contributed by atoms with Crippen molar-refractivity contribution in [3.05, 3.63) is 12.7 Å². The highest BCUT2D eigenvalue weighted by Gasteiger charge is 2.06. The van der Waals surface area contributed by atoms with Gasteiger partial charge in [-0.1, -0.05) is 6.08 Å². The van der Waals surface area contributed by atoms with Gasteiger partial charge in [-0.25, -0.2) is 0 Å². The summed E-state index contributed by atoms with van der Waals surface area (Å²) >= 11 is 0. The molecule has 14 heavy (non-hydrogen) atoms. The molecule has 0 fully saturated rings. The Balaban J connectivity index is 3.46. The van der Waals surface area contributed by atoms with Crippen LogP contribution in [0, 0.1) is 0 Å². The molecule has 0 bridgehead atoms. The third-order valence-corrected chi connectivity index (χ3v) is 1.30. The van der Waals surface area contributed by atoms with E-state index in [1.165, 1.54) is 13.0 Å². The summed E-state index contributed by atoms with van der Waals surface area (Å²) in [4.78, 5) is 21.2. The molecule has 80 valence electrons. The van der Waals surface area contributed by atoms with Crippen molar-refractivity contribution in [3.63, 3.8) is 0 Å². The second kappa shape index (κ2) is 7.08. The highest BCUT2D eigenvalue weighted by Crippen LogP contribution is 1.92. The topological polar surface area (TPSA) is 72.8 Å². The van der Waals surface area contributed by atoms with E-state index in [2.05, 4.69) is 16.1 Å². The van der Waals surface area contributed by atoms with Gasteiger partial charge in [-0.2, -0.15) is 0 Å². The Morgan fingerprint density at radius 3 is 2.64 bits per heavy atom. The lowest BCUT2D eigenvalue weighted by atomic mass is 10.4. The number of aliphatic hydroxyl groups is 1. The van der Waals surface area contributed by atoms with Gasteiger partial charge in [-0.05, 0) is 0 Å². The van der Waals surface area contributed by atoms with E-state index >= 15 is 0 Å². The summed E-state index contributed by atoms with van der Waals surface area (Å²) in [6.07, 6.45) is 0.399. The molecule has 0 spiro atoms. The van der Waals surface area contributed by atoms with Crippen LogP contribution in [-0.2, 0) is 19.1 Å². The van der Waals surface area contributed by atoms with E-state index in [0.29, 0.717) is 0 Å². The number of hydrogen-bond acceptors (Lipinski definition) is 5. The van der Waals surface area contributed by atoms with Gasteiger partial charge in [0, 0.05) is 6.92 Å². The fourth-order valence-corrected chi connectivity index (χ4v) is 0.597. The molecule has 0 aromatic rings. The van der Waals surface area contributed by atoms with Crippen LogP contribution >= 0.6 is 0 Å². The number of rotatable bonds is 6. The first kappa shape index (κ1) is 12.6. The summed E-state index contributed by atoms with van der Waals surface area (Å²) in [6, 6.07) is 0. The minimum Gasteiger partial charge on any atom is -0.465 e. The van der Waals surface area contributed by atoms with E-state index in [0.717, 1.165) is 0 Å². The van der Waals surface area contributed by atoms with Crippen LogP contribution in [0.2, 0.25) is 0 Å². The van der Waals surface area contributed by atoms with Crippen LogP contribution in [0.15, 0.2) is 12.7 Å². The summed E-state index contributed by atoms with van der Waals surface area (Å²) < 4.78 is 9.15. The molecule has 5 nitrogen and oxygen atoms in total. The van der Waals surface area contributed by atoms with Crippen molar-refractivity contribution in [3.8, 4) is 0 Å². The normalized spacial score (nSPS) is 11.6. The quantitative estimate of drug-likeness (QED) is 0.486. The van der Waals surface area contributed by atoms with E-state index in [4.69, 9.17) is 5.11 Å². The lowest BCUT2D eigenvalue weighted by molar-refractivity contribution is -0.149. The van der Waals surface area contributed by atoms with Gasteiger partial charge in [0.15, 0.2) is 0 Å². The predicted molar refractivity (Wildman–Crippen MR) is 48.4 cm³/mol. The molecule has 0 radical (unpaired) electrons. The van der Waals surface area contributed by atoms with Crippen molar-refractivity contribution in [2.75, 3.05) is 13.2 Å². The molecule has 0 saturated carbocycles. The highest BCUT2D eigenvalue weighted by atomic mass is 16.6. The van der Waals surface area contributed by atoms with Gasteiger partial charge < -0.3 is 14.6 Å². The van der Waals surface area contributed by atoms with E-state index in [1.807, 2.05) is 0 Å². The fourth-order valence-electron chi connectivity index (χ4n) is 0.597. The maximum atomic E-state index is 10.9. The fraction of sp³-hybridized carbons (Fsp3) is 0.556. The summed E-state index contributed by atoms with van der Waals surface area (Å²) in [5.41, 5.74) is 0. The van der Waals surface area contributed by atoms with Crippen LogP contribution in [0.1, 0.15) is 13.3 Å². The second-order valence-electron chi connectivity index (χ2n) is 2.58. The van der Waals surface area contributed by atoms with Gasteiger partial charge in [0.2, 0.25) is 0 Å². The standard InChI is InChI=1S/C9H14O5/c1-3-8(11)6-14-9(12)4-5-13-7(2)10/h3,8,11H,1,4-6H2,2H3/t8-/m1/s1. The molecule has 0 amide bonds. The van der Waals surface area contributed by atoms with Crippen molar-refractivity contribution >= 4 is 11.9 Å². The average molecular weight is 202 g/mol. The Morgan fingerprint density at radius 2 is 2.14 bits per heavy atom. The number of aliphatic hydroxyl groups excluding tert-OH is 1. The van der Waals surface area contributed by atoms with E-state index in [9.17, 15) is 9.59 Å². The van der Waals surface area contributed by atoms with Crippen molar-refractivity contribution in [2.24, 2.45) is 0 Å². The van der Waals surface area contributed by atoms with Crippen LogP contribution in [0.4, 0.5) is 0 Å². The molecule has 5 heteroatoms. The van der Waals surface area contributed by atoms with Crippen LogP contribution in [0.25, 0.3) is 0 Å². The first-order chi connectivity index (χ1) is 6.56. The van der Waals surface area contributed by atoms with Crippen LogP contribution in [0.3, 0.4) is 0 Å². The summed E-state index contributed by atoms with van der Waals surface area (Å²) in [7, 11) is 0. The van der Waals surface area contributed by atoms with Gasteiger partial charge in [-0.15, -0.1) is 6.58 Å². The lowest BCUT2D eigenvalue weighted by Crippen LogP contribution is -2.17. The van der Waals surface area contributed by atoms with E-state index in [1.54, 1.807) is 0 Å². The third-order valence-electron chi connectivity index (χ3n) is 1.30. The zero-order valence-corrected chi connectivity index (χ0v) is 8.06. The second-order valence-corrected chi connectivity index (χ2v) is 2.58. The zero-order chi connectivity index (χ0) is 11.0. The number of esters is 2. The van der Waals surface area contributed by atoms with Gasteiger partial charge in [0.05, 0.1) is 6.42 Å². The molecule has 1 N–H and O–H groups in total. The van der Waals surface area contributed by atoms with Gasteiger partial charge in [0.1, 0.15) is 19.3 Å². The first-order valence-electron chi connectivity index (χ1n) is 4.16. The van der Waals surface area contributed by atoms with Gasteiger partial charge >= 0.3 is 11.9 Å². The Kier molecular flexibility index (Phi) is 6.39. The molecule has 0 aromatic heterocycles. The molecule has 0 heterocycles.